The smallest absolute Gasteiger partial charge is 0.00973 e. The molecule has 1 aromatic rings. The molecule has 0 unspecified atom stereocenters. The molecular weight excluding hydrogens is 120 g/mol. The first-order chi connectivity index (χ1) is 4.93. The number of allylic oxidation sites excluding steroid dienone is 2. The molecule has 0 aliphatic carbocycles. The normalized spacial score (nSPS) is 10.5. The van der Waals surface area contributed by atoms with E-state index in [1.807, 2.05) is 25.1 Å². The summed E-state index contributed by atoms with van der Waals surface area (Å²) in [6, 6.07) is 11.1. The third kappa shape index (κ3) is 2.06. The third-order valence-electron chi connectivity index (χ3n) is 1.36. The van der Waals surface area contributed by atoms with E-state index in [4.69, 9.17) is 0 Å². The average Bonchev–Trinajstić information content (AvgIpc) is 2.03. The van der Waals surface area contributed by atoms with E-state index >= 15 is 0 Å². The number of benzene rings is 1. The topological polar surface area (TPSA) is 0 Å². The predicted molar refractivity (Wildman–Crippen MR) is 43.8 cm³/mol. The van der Waals surface area contributed by atoms with Gasteiger partial charge in [0.2, 0.25) is 0 Å². The second-order valence-corrected chi connectivity index (χ2v) is 2.18. The molecule has 1 rings (SSSR count). The fourth-order valence-electron chi connectivity index (χ4n) is 0.811. The van der Waals surface area contributed by atoms with E-state index in [-0.39, 0.29) is 0 Å². The first kappa shape index (κ1) is 7.07. The van der Waals surface area contributed by atoms with Crippen molar-refractivity contribution in [3.8, 4) is 0 Å². The Bertz CT molecular complexity index is 197. The molecule has 0 spiro atoms. The van der Waals surface area contributed by atoms with Crippen molar-refractivity contribution < 1.29 is 0 Å². The monoisotopic (exact) mass is 131 g/mol. The zero-order valence-electron chi connectivity index (χ0n) is 6.17. The van der Waals surface area contributed by atoms with Gasteiger partial charge in [0, 0.05) is 0 Å². The fourth-order valence-corrected chi connectivity index (χ4v) is 0.811. The second kappa shape index (κ2) is 3.89. The Morgan fingerprint density at radius 2 is 2.50 bits per heavy atom. The molecule has 0 aliphatic heterocycles. The van der Waals surface area contributed by atoms with Crippen molar-refractivity contribution in [2.45, 2.75) is 13.3 Å². The Kier molecular flexibility index (Phi) is 2.75. The summed E-state index contributed by atoms with van der Waals surface area (Å²) >= 11 is 0. The predicted octanol–water partition coefficient (Wildman–Crippen LogP) is 2.61. The van der Waals surface area contributed by atoms with Gasteiger partial charge in [0.1, 0.15) is 0 Å². The van der Waals surface area contributed by atoms with Gasteiger partial charge in [0.15, 0.2) is 0 Å². The lowest BCUT2D eigenvalue weighted by molar-refractivity contribution is 1.26. The summed E-state index contributed by atoms with van der Waals surface area (Å²) < 4.78 is 0. The Hall–Kier alpha value is -1.04. The lowest BCUT2D eigenvalue weighted by atomic mass is 10.1. The molecule has 10 heavy (non-hydrogen) atoms. The molecule has 0 nitrogen and oxygen atoms in total. The second-order valence-electron chi connectivity index (χ2n) is 2.18. The van der Waals surface area contributed by atoms with E-state index in [2.05, 4.69) is 24.3 Å². The Morgan fingerprint density at radius 3 is 3.10 bits per heavy atom. The molecule has 0 N–H and O–H groups in total. The number of hydrogen-bond acceptors (Lipinski definition) is 0. The van der Waals surface area contributed by atoms with E-state index < -0.39 is 0 Å². The molecule has 1 aromatic carbocycles. The van der Waals surface area contributed by atoms with Crippen LogP contribution in [0.15, 0.2) is 36.4 Å². The quantitative estimate of drug-likeness (QED) is 0.541. The minimum absolute atomic E-state index is 1.02. The summed E-state index contributed by atoms with van der Waals surface area (Å²) in [5.74, 6) is 0. The van der Waals surface area contributed by atoms with Gasteiger partial charge in [-0.1, -0.05) is 36.4 Å². The molecule has 0 aliphatic rings. The summed E-state index contributed by atoms with van der Waals surface area (Å²) in [6.07, 6.45) is 5.23. The highest BCUT2D eigenvalue weighted by Gasteiger charge is 1.83. The zero-order valence-corrected chi connectivity index (χ0v) is 6.17. The molecule has 0 saturated carbocycles. The summed E-state index contributed by atoms with van der Waals surface area (Å²) in [5, 5.41) is 0. The molecule has 0 bridgehead atoms. The van der Waals surface area contributed by atoms with Crippen LogP contribution in [0.2, 0.25) is 0 Å². The van der Waals surface area contributed by atoms with Crippen molar-refractivity contribution in [2.24, 2.45) is 0 Å². The lowest BCUT2D eigenvalue weighted by Gasteiger charge is -1.91. The van der Waals surface area contributed by atoms with E-state index in [0.29, 0.717) is 0 Å². The Labute approximate surface area is 62.2 Å². The number of hydrogen-bond donors (Lipinski definition) is 0. The number of rotatable bonds is 2. The van der Waals surface area contributed by atoms with Crippen molar-refractivity contribution in [2.75, 3.05) is 0 Å². The van der Waals surface area contributed by atoms with Gasteiger partial charge < -0.3 is 0 Å². The van der Waals surface area contributed by atoms with Crippen LogP contribution in [0.1, 0.15) is 12.5 Å². The van der Waals surface area contributed by atoms with Crippen LogP contribution in [0.5, 0.6) is 0 Å². The summed E-state index contributed by atoms with van der Waals surface area (Å²) in [4.78, 5) is 0. The van der Waals surface area contributed by atoms with Crippen LogP contribution in [-0.4, -0.2) is 0 Å². The molecule has 0 saturated heterocycles. The zero-order chi connectivity index (χ0) is 7.23. The minimum Gasteiger partial charge on any atom is -0.0913 e. The van der Waals surface area contributed by atoms with Crippen molar-refractivity contribution in [1.82, 2.24) is 0 Å². The summed E-state index contributed by atoms with van der Waals surface area (Å²) in [7, 11) is 0. The molecule has 0 atom stereocenters. The maximum atomic E-state index is 3.04. The lowest BCUT2D eigenvalue weighted by Crippen LogP contribution is -1.77. The molecule has 1 radical (unpaired) electrons. The molecule has 0 fully saturated rings. The maximum Gasteiger partial charge on any atom is -0.00973 e. The van der Waals surface area contributed by atoms with Crippen LogP contribution in [0.4, 0.5) is 0 Å². The van der Waals surface area contributed by atoms with Gasteiger partial charge >= 0.3 is 0 Å². The molecule has 0 aromatic heterocycles. The molecule has 51 valence electrons. The van der Waals surface area contributed by atoms with Gasteiger partial charge in [0.05, 0.1) is 0 Å². The van der Waals surface area contributed by atoms with Crippen LogP contribution >= 0.6 is 0 Å². The van der Waals surface area contributed by atoms with Crippen LogP contribution in [0.3, 0.4) is 0 Å². The maximum absolute atomic E-state index is 3.04. The van der Waals surface area contributed by atoms with Gasteiger partial charge in [-0.2, -0.15) is 0 Å². The molecule has 0 amide bonds. The van der Waals surface area contributed by atoms with E-state index in [1.54, 1.807) is 0 Å². The van der Waals surface area contributed by atoms with Crippen molar-refractivity contribution in [3.63, 3.8) is 0 Å². The van der Waals surface area contributed by atoms with Gasteiger partial charge in [-0.15, -0.1) is 0 Å². The summed E-state index contributed by atoms with van der Waals surface area (Å²) in [5.41, 5.74) is 1.32. The highest BCUT2D eigenvalue weighted by atomic mass is 13.9. The van der Waals surface area contributed by atoms with Gasteiger partial charge in [-0.3, -0.25) is 0 Å². The Balaban J connectivity index is 2.59. The molecule has 0 heterocycles. The van der Waals surface area contributed by atoms with Crippen LogP contribution < -0.4 is 0 Å². The third-order valence-corrected chi connectivity index (χ3v) is 1.36. The highest BCUT2D eigenvalue weighted by molar-refractivity contribution is 5.16. The van der Waals surface area contributed by atoms with Crippen LogP contribution in [-0.2, 0) is 6.42 Å². The average molecular weight is 131 g/mol. The first-order valence-electron chi connectivity index (χ1n) is 3.49. The van der Waals surface area contributed by atoms with Gasteiger partial charge in [0.25, 0.3) is 0 Å². The van der Waals surface area contributed by atoms with E-state index in [9.17, 15) is 0 Å². The standard InChI is InChI=1S/C10H11/c1-2-3-7-10-8-5-4-6-9-10/h2-5,8-9H,7H2,1H3/b3-2+. The van der Waals surface area contributed by atoms with Crippen molar-refractivity contribution in [1.29, 1.82) is 0 Å². The van der Waals surface area contributed by atoms with Gasteiger partial charge in [-0.25, -0.2) is 0 Å². The SMILES string of the molecule is C/C=C/Cc1c[c]ccc1. The van der Waals surface area contributed by atoms with Crippen molar-refractivity contribution in [3.05, 3.63) is 48.0 Å². The van der Waals surface area contributed by atoms with Crippen LogP contribution in [0.25, 0.3) is 0 Å². The van der Waals surface area contributed by atoms with Crippen molar-refractivity contribution >= 4 is 0 Å². The Morgan fingerprint density at radius 1 is 1.60 bits per heavy atom. The highest BCUT2D eigenvalue weighted by Crippen LogP contribution is 1.98. The minimum atomic E-state index is 1.02. The largest absolute Gasteiger partial charge is 0.0913 e. The molecular formula is C10H11. The summed E-state index contributed by atoms with van der Waals surface area (Å²) in [6.45, 7) is 2.03. The molecule has 0 heteroatoms. The first-order valence-corrected chi connectivity index (χ1v) is 3.49. The van der Waals surface area contributed by atoms with Gasteiger partial charge in [-0.05, 0) is 25.0 Å². The van der Waals surface area contributed by atoms with E-state index in [1.165, 1.54) is 5.56 Å². The van der Waals surface area contributed by atoms with E-state index in [0.717, 1.165) is 6.42 Å². The van der Waals surface area contributed by atoms with Crippen LogP contribution in [0, 0.1) is 6.07 Å². The fraction of sp³-hybridized carbons (Fsp3) is 0.200.